The van der Waals surface area contributed by atoms with Gasteiger partial charge in [0.1, 0.15) is 12.1 Å². The van der Waals surface area contributed by atoms with Crippen LogP contribution >= 0.6 is 0 Å². The summed E-state index contributed by atoms with van der Waals surface area (Å²) in [6, 6.07) is 8.16. The van der Waals surface area contributed by atoms with E-state index in [1.54, 1.807) is 18.1 Å². The molecule has 134 valence electrons. The van der Waals surface area contributed by atoms with Gasteiger partial charge in [0, 0.05) is 31.9 Å². The molecule has 0 radical (unpaired) electrons. The maximum Gasteiger partial charge on any atom is 0.377 e. The number of ether oxygens (including phenoxy) is 2. The van der Waals surface area contributed by atoms with Crippen LogP contribution in [-0.2, 0) is 11.4 Å². The number of methoxy groups -OCH3 is 2. The lowest BCUT2D eigenvalue weighted by molar-refractivity contribution is 0.0585. The molecule has 1 aromatic carbocycles. The zero-order chi connectivity index (χ0) is 17.6. The molecular formula is C17H23N5O3. The molecule has 8 nitrogen and oxygen atoms in total. The number of hydrogen-bond acceptors (Lipinski definition) is 7. The standard InChI is InChI=1S/C17H23N5O3/c1-24-15-6-4-14(5-7-15)21-9-3-8-20(10-11-21)13-22-12-18-16(19-22)17(23)25-2/h4-7,12H,3,8-11,13H2,1-2H3. The third-order valence-electron chi connectivity index (χ3n) is 4.28. The van der Waals surface area contributed by atoms with Crippen LogP contribution in [0.1, 0.15) is 17.0 Å². The van der Waals surface area contributed by atoms with Crippen molar-refractivity contribution in [2.45, 2.75) is 13.1 Å². The second kappa shape index (κ2) is 7.98. The van der Waals surface area contributed by atoms with Gasteiger partial charge in [-0.15, -0.1) is 5.10 Å². The molecule has 0 bridgehead atoms. The summed E-state index contributed by atoms with van der Waals surface area (Å²) >= 11 is 0. The number of esters is 1. The van der Waals surface area contributed by atoms with Gasteiger partial charge in [-0.3, -0.25) is 4.90 Å². The highest BCUT2D eigenvalue weighted by molar-refractivity contribution is 5.84. The molecule has 1 aliphatic heterocycles. The molecule has 0 aliphatic carbocycles. The van der Waals surface area contributed by atoms with Gasteiger partial charge in [0.05, 0.1) is 20.9 Å². The summed E-state index contributed by atoms with van der Waals surface area (Å²) in [6.45, 7) is 4.44. The predicted octanol–water partition coefficient (Wildman–Crippen LogP) is 1.24. The Balaban J connectivity index is 1.57. The Bertz CT molecular complexity index is 701. The van der Waals surface area contributed by atoms with E-state index >= 15 is 0 Å². The van der Waals surface area contributed by atoms with Crippen molar-refractivity contribution in [3.05, 3.63) is 36.4 Å². The minimum atomic E-state index is -0.514. The Labute approximate surface area is 147 Å². The van der Waals surface area contributed by atoms with Crippen LogP contribution < -0.4 is 9.64 Å². The number of carbonyl (C=O) groups is 1. The van der Waals surface area contributed by atoms with Crippen molar-refractivity contribution in [3.8, 4) is 5.75 Å². The summed E-state index contributed by atoms with van der Waals surface area (Å²) in [5.41, 5.74) is 1.20. The van der Waals surface area contributed by atoms with E-state index in [4.69, 9.17) is 4.74 Å². The Morgan fingerprint density at radius 3 is 2.64 bits per heavy atom. The zero-order valence-electron chi connectivity index (χ0n) is 14.6. The Hall–Kier alpha value is -2.61. The molecular weight excluding hydrogens is 322 g/mol. The van der Waals surface area contributed by atoms with E-state index < -0.39 is 5.97 Å². The minimum absolute atomic E-state index is 0.0946. The van der Waals surface area contributed by atoms with Crippen molar-refractivity contribution in [3.63, 3.8) is 0 Å². The molecule has 3 rings (SSSR count). The average molecular weight is 345 g/mol. The van der Waals surface area contributed by atoms with Crippen LogP contribution in [-0.4, -0.2) is 66.0 Å². The van der Waals surface area contributed by atoms with Crippen molar-refractivity contribution in [2.75, 3.05) is 45.3 Å². The highest BCUT2D eigenvalue weighted by Crippen LogP contribution is 2.20. The largest absolute Gasteiger partial charge is 0.497 e. The monoisotopic (exact) mass is 345 g/mol. The summed E-state index contributed by atoms with van der Waals surface area (Å²) in [7, 11) is 3.00. The number of rotatable bonds is 5. The maximum atomic E-state index is 11.4. The lowest BCUT2D eigenvalue weighted by Gasteiger charge is -2.23. The van der Waals surface area contributed by atoms with Crippen LogP contribution in [0.2, 0.25) is 0 Å². The normalized spacial score (nSPS) is 15.7. The van der Waals surface area contributed by atoms with Crippen LogP contribution in [0.3, 0.4) is 0 Å². The zero-order valence-corrected chi connectivity index (χ0v) is 14.6. The van der Waals surface area contributed by atoms with Gasteiger partial charge in [-0.05, 0) is 30.7 Å². The third-order valence-corrected chi connectivity index (χ3v) is 4.28. The molecule has 1 aliphatic rings. The molecule has 25 heavy (non-hydrogen) atoms. The van der Waals surface area contributed by atoms with Gasteiger partial charge in [-0.25, -0.2) is 14.5 Å². The lowest BCUT2D eigenvalue weighted by Crippen LogP contribution is -2.32. The molecule has 0 saturated carbocycles. The second-order valence-corrected chi connectivity index (χ2v) is 5.90. The van der Waals surface area contributed by atoms with Gasteiger partial charge in [0.2, 0.25) is 0 Å². The molecule has 2 aromatic rings. The topological polar surface area (TPSA) is 72.7 Å². The van der Waals surface area contributed by atoms with E-state index in [-0.39, 0.29) is 5.82 Å². The predicted molar refractivity (Wildman–Crippen MR) is 92.8 cm³/mol. The van der Waals surface area contributed by atoms with Crippen molar-refractivity contribution in [1.29, 1.82) is 0 Å². The molecule has 1 fully saturated rings. The number of anilines is 1. The van der Waals surface area contributed by atoms with Gasteiger partial charge in [0.25, 0.3) is 5.82 Å². The Morgan fingerprint density at radius 1 is 1.12 bits per heavy atom. The average Bonchev–Trinajstić information content (AvgIpc) is 2.99. The van der Waals surface area contributed by atoms with Gasteiger partial charge in [-0.1, -0.05) is 0 Å². The molecule has 0 N–H and O–H groups in total. The second-order valence-electron chi connectivity index (χ2n) is 5.90. The van der Waals surface area contributed by atoms with E-state index in [1.165, 1.54) is 12.8 Å². The van der Waals surface area contributed by atoms with Crippen LogP contribution in [0, 0.1) is 0 Å². The van der Waals surface area contributed by atoms with Crippen molar-refractivity contribution in [1.82, 2.24) is 19.7 Å². The smallest absolute Gasteiger partial charge is 0.377 e. The first-order chi connectivity index (χ1) is 12.2. The van der Waals surface area contributed by atoms with E-state index in [0.29, 0.717) is 6.67 Å². The fourth-order valence-electron chi connectivity index (χ4n) is 2.92. The Morgan fingerprint density at radius 2 is 1.92 bits per heavy atom. The summed E-state index contributed by atoms with van der Waals surface area (Å²) in [5.74, 6) is 0.449. The SMILES string of the molecule is COC(=O)c1ncn(CN2CCCN(c3ccc(OC)cc3)CC2)n1. The quantitative estimate of drug-likeness (QED) is 0.755. The van der Waals surface area contributed by atoms with Gasteiger partial charge >= 0.3 is 5.97 Å². The lowest BCUT2D eigenvalue weighted by atomic mass is 10.2. The maximum absolute atomic E-state index is 11.4. The van der Waals surface area contributed by atoms with E-state index in [2.05, 4.69) is 36.8 Å². The molecule has 1 aromatic heterocycles. The van der Waals surface area contributed by atoms with E-state index in [1.807, 2.05) is 12.1 Å². The van der Waals surface area contributed by atoms with Crippen molar-refractivity contribution < 1.29 is 14.3 Å². The van der Waals surface area contributed by atoms with Crippen LogP contribution in [0.4, 0.5) is 5.69 Å². The number of hydrogen-bond donors (Lipinski definition) is 0. The highest BCUT2D eigenvalue weighted by Gasteiger charge is 2.17. The first-order valence-corrected chi connectivity index (χ1v) is 8.28. The Kier molecular flexibility index (Phi) is 5.49. The number of carbonyl (C=O) groups excluding carboxylic acids is 1. The van der Waals surface area contributed by atoms with Crippen LogP contribution in [0.5, 0.6) is 5.75 Å². The molecule has 1 saturated heterocycles. The molecule has 0 amide bonds. The molecule has 0 unspecified atom stereocenters. The van der Waals surface area contributed by atoms with Crippen LogP contribution in [0.25, 0.3) is 0 Å². The molecule has 0 atom stereocenters. The minimum Gasteiger partial charge on any atom is -0.497 e. The molecule has 0 spiro atoms. The number of nitrogens with zero attached hydrogens (tertiary/aromatic N) is 5. The highest BCUT2D eigenvalue weighted by atomic mass is 16.5. The van der Waals surface area contributed by atoms with Crippen LogP contribution in [0.15, 0.2) is 30.6 Å². The van der Waals surface area contributed by atoms with Gasteiger partial charge in [0.15, 0.2) is 0 Å². The first kappa shape index (κ1) is 17.2. The summed E-state index contributed by atoms with van der Waals surface area (Å²) < 4.78 is 11.5. The molecule has 8 heteroatoms. The molecule has 2 heterocycles. The summed E-state index contributed by atoms with van der Waals surface area (Å²) in [5, 5.41) is 4.16. The first-order valence-electron chi connectivity index (χ1n) is 8.28. The van der Waals surface area contributed by atoms with Gasteiger partial charge in [-0.2, -0.15) is 0 Å². The van der Waals surface area contributed by atoms with E-state index in [0.717, 1.165) is 38.3 Å². The summed E-state index contributed by atoms with van der Waals surface area (Å²) in [4.78, 5) is 20.1. The van der Waals surface area contributed by atoms with Gasteiger partial charge < -0.3 is 14.4 Å². The number of benzene rings is 1. The van der Waals surface area contributed by atoms with Crippen molar-refractivity contribution in [2.24, 2.45) is 0 Å². The third kappa shape index (κ3) is 4.27. The summed E-state index contributed by atoms with van der Waals surface area (Å²) in [6.07, 6.45) is 2.63. The van der Waals surface area contributed by atoms with Crippen molar-refractivity contribution >= 4 is 11.7 Å². The fourth-order valence-corrected chi connectivity index (χ4v) is 2.92. The van der Waals surface area contributed by atoms with E-state index in [9.17, 15) is 4.79 Å². The number of aromatic nitrogens is 3. The fraction of sp³-hybridized carbons (Fsp3) is 0.471.